The molecule has 125 heavy (non-hydrogen) atoms. The van der Waals surface area contributed by atoms with E-state index in [2.05, 4.69) is 116 Å². The molecule has 2 heterocycles. The van der Waals surface area contributed by atoms with Crippen LogP contribution in [0.4, 0.5) is 0 Å². The zero-order chi connectivity index (χ0) is 90.9. The molecule has 0 bridgehead atoms. The Morgan fingerprint density at radius 3 is 0.936 bits per heavy atom. The molecule has 12 aliphatic rings. The molecule has 0 radical (unpaired) electrons. The van der Waals surface area contributed by atoms with Crippen molar-refractivity contribution in [3.05, 3.63) is 121 Å². The van der Waals surface area contributed by atoms with Crippen molar-refractivity contribution in [3.8, 4) is 0 Å². The molecule has 19 heteroatoms. The topological polar surface area (TPSA) is 267 Å². The predicted octanol–water partition coefficient (Wildman–Crippen LogP) is 21.0. The molecule has 2 aromatic rings. The summed E-state index contributed by atoms with van der Waals surface area (Å²) in [6, 6.07) is 11.9. The number of carbonyl (C=O) groups is 8. The summed E-state index contributed by atoms with van der Waals surface area (Å²) in [6.07, 6.45) is 40.7. The van der Waals surface area contributed by atoms with Crippen molar-refractivity contribution in [2.24, 2.45) is 138 Å². The number of ether oxygens (including phenoxy) is 7. The van der Waals surface area contributed by atoms with Crippen molar-refractivity contribution in [1.29, 1.82) is 0 Å². The first kappa shape index (κ1) is 98.2. The van der Waals surface area contributed by atoms with Gasteiger partial charge in [0.15, 0.2) is 0 Å². The predicted molar refractivity (Wildman–Crippen MR) is 485 cm³/mol. The normalized spacial score (nSPS) is 40.1. The van der Waals surface area contributed by atoms with Gasteiger partial charge in [-0.25, -0.2) is 0 Å². The van der Waals surface area contributed by atoms with Gasteiger partial charge in [0.25, 0.3) is 0 Å². The number of allylic oxidation sites excluding steroid dienone is 6. The van der Waals surface area contributed by atoms with Crippen LogP contribution in [0.25, 0.3) is 12.2 Å². The van der Waals surface area contributed by atoms with Gasteiger partial charge in [0, 0.05) is 97.7 Å². The second-order valence-electron chi connectivity index (χ2n) is 42.6. The number of nitrogens with zero attached hydrogens (tertiary/aromatic N) is 2. The highest BCUT2D eigenvalue weighted by Gasteiger charge is 2.63. The average Bonchev–Trinajstić information content (AvgIpc) is 1.72. The van der Waals surface area contributed by atoms with E-state index in [1.807, 2.05) is 48.8 Å². The van der Waals surface area contributed by atoms with E-state index in [9.17, 15) is 48.6 Å². The number of rotatable bonds is 21. The fourth-order valence-corrected chi connectivity index (χ4v) is 28.7. The summed E-state index contributed by atoms with van der Waals surface area (Å²) in [5.74, 6) is 3.39. The highest BCUT2D eigenvalue weighted by Crippen LogP contribution is 2.69. The standard InChI is InChI=1S/C30H41NO4.C28H39NO3.C24H38O5.C24H36O5/c1-20-9-12-27-26(19-34-21(2)32)28(14-16-29(20,27)4)30(5)15-13-25(35-22(3)33)18-23(30)10-11-24-8-6-7-17-31-24;1-19-8-11-25-24(18-30)26(13-15-27(19,25)3)28(4)14-12-23(32-20(2)31)17-21(28)9-10-22-7-5-6-16-29-22;2*1-15-6-7-21-20(14-28-16(2)26)22(9-11-23(15,21)4)24(5)10-8-19(29-17(3)27)12-18(24)13-25/h6-8,10-11,17,23,25-28H,1,9,12-16,18-19H2,2-5H3;5-7,9-10,16,21,23-26,30H,1,8,11-15,17-18H2,2-4H3;18-22,25H,1,6-14H2,2-5H3;13,18-22H,1,6-12,14H2,2-5H3/b11-10+;10-9+;;/t23-,25-,26-,27?,28?,29+,30-;21-,23-,24-,25?,26?,27+,28-;2*18-,19+,20+,21?,22?,23-,24+/m0011/s1. The van der Waals surface area contributed by atoms with Gasteiger partial charge in [0.05, 0.1) is 31.2 Å². The van der Waals surface area contributed by atoms with E-state index < -0.39 is 0 Å². The molecule has 2 aromatic heterocycles. The van der Waals surface area contributed by atoms with Crippen LogP contribution in [-0.4, -0.2) is 126 Å². The van der Waals surface area contributed by atoms with Crippen LogP contribution in [0.15, 0.2) is 110 Å². The summed E-state index contributed by atoms with van der Waals surface area (Å²) in [7, 11) is 0. The van der Waals surface area contributed by atoms with Crippen molar-refractivity contribution in [2.75, 3.05) is 33.0 Å². The molecule has 2 N–H and O–H groups in total. The number of hydrogen-bond donors (Lipinski definition) is 2. The Kier molecular flexibility index (Phi) is 32.3. The molecule has 14 rings (SSSR count). The van der Waals surface area contributed by atoms with Crippen LogP contribution in [-0.2, 0) is 71.5 Å². The first-order valence-electron chi connectivity index (χ1n) is 47.8. The zero-order valence-corrected chi connectivity index (χ0v) is 78.6. The number of carbonyl (C=O) groups excluding carboxylic acids is 8. The van der Waals surface area contributed by atoms with E-state index in [0.29, 0.717) is 91.8 Å². The number of aromatic nitrogens is 2. The molecular formula is C106H154N2O17. The molecule has 12 aliphatic carbocycles. The van der Waals surface area contributed by atoms with E-state index in [0.717, 1.165) is 185 Å². The number of pyridine rings is 2. The van der Waals surface area contributed by atoms with Crippen molar-refractivity contribution < 1.29 is 81.7 Å². The van der Waals surface area contributed by atoms with Gasteiger partial charge in [0.1, 0.15) is 30.7 Å². The summed E-state index contributed by atoms with van der Waals surface area (Å²) in [5.41, 5.74) is 7.68. The molecule has 8 unspecified atom stereocenters. The number of aliphatic hydroxyl groups excluding tert-OH is 2. The maximum absolute atomic E-state index is 12.1. The molecule has 0 saturated heterocycles. The Bertz CT molecular complexity index is 4230. The van der Waals surface area contributed by atoms with Gasteiger partial charge in [-0.1, -0.05) is 128 Å². The van der Waals surface area contributed by atoms with Gasteiger partial charge in [0.2, 0.25) is 0 Å². The molecule has 0 aliphatic heterocycles. The van der Waals surface area contributed by atoms with E-state index in [1.54, 1.807) is 0 Å². The third kappa shape index (κ3) is 21.4. The lowest BCUT2D eigenvalue weighted by molar-refractivity contribution is -0.159. The number of aliphatic hydroxyl groups is 2. The largest absolute Gasteiger partial charge is 0.466 e. The molecule has 19 nitrogen and oxygen atoms in total. The Hall–Kier alpha value is -7.38. The molecule has 12 fully saturated rings. The fraction of sp³-hybridized carbons (Fsp3) is 0.717. The second-order valence-corrected chi connectivity index (χ2v) is 42.6. The SMILES string of the molecule is C=C1CCC2[C@H](CO)C([C@@]3(C)CC[C@H](OC(C)=O)C[C@@H]3/C=C/c3ccccn3)CC[C@]12C.C=C1CCC2[C@H](COC(C)=O)C([C@@]3(C)CC[C@H](OC(C)=O)C[C@@H]3/C=C/c3ccccn3)CC[C@]12C.C=C1CCC2[C@H](COC(C)=O)C([C@@]3(C)CC[C@H](OC(C)=O)C[C@@H]3C=O)CC[C@]12C.C=C1CCC2[C@H](COC(C)=O)C([C@@]3(C)CC[C@H](OC(C)=O)C[C@@H]3CO)CC[C@]12C. The van der Waals surface area contributed by atoms with E-state index in [4.69, 9.17) is 33.2 Å². The Labute approximate surface area is 747 Å². The smallest absolute Gasteiger partial charge is 0.302 e. The summed E-state index contributed by atoms with van der Waals surface area (Å²) in [4.78, 5) is 102. The van der Waals surface area contributed by atoms with Crippen LogP contribution in [0, 0.1) is 138 Å². The van der Waals surface area contributed by atoms with Crippen LogP contribution in [0.2, 0.25) is 0 Å². The van der Waals surface area contributed by atoms with E-state index >= 15 is 0 Å². The van der Waals surface area contributed by atoms with Gasteiger partial charge in [-0.3, -0.25) is 43.5 Å². The van der Waals surface area contributed by atoms with Gasteiger partial charge < -0.3 is 48.2 Å². The van der Waals surface area contributed by atoms with Crippen LogP contribution in [0.3, 0.4) is 0 Å². The van der Waals surface area contributed by atoms with Gasteiger partial charge in [-0.2, -0.15) is 0 Å². The Morgan fingerprint density at radius 1 is 0.360 bits per heavy atom. The number of hydrogen-bond acceptors (Lipinski definition) is 19. The van der Waals surface area contributed by atoms with E-state index in [-0.39, 0.29) is 158 Å². The van der Waals surface area contributed by atoms with Gasteiger partial charge in [-0.15, -0.1) is 0 Å². The zero-order valence-electron chi connectivity index (χ0n) is 78.6. The highest BCUT2D eigenvalue weighted by molar-refractivity contribution is 5.68. The monoisotopic (exact) mass is 1730 g/mol. The first-order chi connectivity index (χ1) is 59.1. The molecule has 0 spiro atoms. The number of fused-ring (bicyclic) bond motifs is 4. The number of aldehydes is 1. The quantitative estimate of drug-likeness (QED) is 0.0509. The van der Waals surface area contributed by atoms with Crippen LogP contribution >= 0.6 is 0 Å². The summed E-state index contributed by atoms with van der Waals surface area (Å²) in [5, 5.41) is 20.8. The molecule has 0 aromatic carbocycles. The minimum absolute atomic E-state index is 0.0119. The van der Waals surface area contributed by atoms with Crippen molar-refractivity contribution >= 4 is 60.2 Å². The molecule has 0 amide bonds. The minimum atomic E-state index is -0.283. The summed E-state index contributed by atoms with van der Waals surface area (Å²) < 4.78 is 39.1. The molecule has 28 atom stereocenters. The van der Waals surface area contributed by atoms with Crippen LogP contribution < -0.4 is 0 Å². The maximum atomic E-state index is 12.1. The molecule has 690 valence electrons. The second kappa shape index (κ2) is 41.2. The van der Waals surface area contributed by atoms with Crippen molar-refractivity contribution in [2.45, 2.75) is 308 Å². The lowest BCUT2D eigenvalue weighted by Gasteiger charge is -2.56. The Balaban J connectivity index is 0.000000162. The third-order valence-corrected chi connectivity index (χ3v) is 36.3. The third-order valence-electron chi connectivity index (χ3n) is 36.3. The van der Waals surface area contributed by atoms with Crippen molar-refractivity contribution in [3.63, 3.8) is 0 Å². The summed E-state index contributed by atoms with van der Waals surface area (Å²) >= 11 is 0. The van der Waals surface area contributed by atoms with Gasteiger partial charge in [-0.05, 0) is 331 Å². The first-order valence-corrected chi connectivity index (χ1v) is 47.8. The summed E-state index contributed by atoms with van der Waals surface area (Å²) in [6.45, 7) is 48.4. The Morgan fingerprint density at radius 2 is 0.648 bits per heavy atom. The van der Waals surface area contributed by atoms with E-state index in [1.165, 1.54) is 70.8 Å². The van der Waals surface area contributed by atoms with Gasteiger partial charge >= 0.3 is 41.8 Å². The lowest BCUT2D eigenvalue weighted by atomic mass is 9.49. The van der Waals surface area contributed by atoms with Crippen molar-refractivity contribution in [1.82, 2.24) is 9.97 Å². The minimum Gasteiger partial charge on any atom is -0.466 e. The maximum Gasteiger partial charge on any atom is 0.302 e. The average molecular weight is 1730 g/mol. The highest BCUT2D eigenvalue weighted by atomic mass is 16.6. The van der Waals surface area contributed by atoms with Crippen LogP contribution in [0.1, 0.15) is 295 Å². The lowest BCUT2D eigenvalue weighted by Crippen LogP contribution is -2.52. The fourth-order valence-electron chi connectivity index (χ4n) is 28.7. The molecule has 12 saturated carbocycles. The molecular weight excluding hydrogens is 1570 g/mol. The number of esters is 7. The van der Waals surface area contributed by atoms with Crippen LogP contribution in [0.5, 0.6) is 0 Å².